The molecule has 0 saturated carbocycles. The molecule has 2 aliphatic heterocycles. The fraction of sp³-hybridized carbons (Fsp3) is 0.929. The number of hydrogen-bond acceptors (Lipinski definition) is 3. The van der Waals surface area contributed by atoms with E-state index in [0.717, 1.165) is 25.9 Å². The Bertz CT molecular complexity index is 274. The number of rotatable bonds is 3. The molecular formula is C14H27N3O. The van der Waals surface area contributed by atoms with Crippen LogP contribution in [0.4, 0.5) is 0 Å². The Labute approximate surface area is 111 Å². The predicted molar refractivity (Wildman–Crippen MR) is 73.5 cm³/mol. The van der Waals surface area contributed by atoms with Crippen molar-refractivity contribution < 1.29 is 4.79 Å². The van der Waals surface area contributed by atoms with Crippen molar-refractivity contribution in [3.8, 4) is 0 Å². The number of nitrogens with one attached hydrogen (secondary N) is 1. The average Bonchev–Trinajstić information content (AvgIpc) is 2.39. The summed E-state index contributed by atoms with van der Waals surface area (Å²) >= 11 is 0. The number of carbonyl (C=O) groups excluding carboxylic acids is 1. The Hall–Kier alpha value is -0.610. The number of nitrogens with zero attached hydrogens (tertiary/aromatic N) is 2. The van der Waals surface area contributed by atoms with Crippen LogP contribution in [0.1, 0.15) is 39.5 Å². The SMILES string of the molecule is CCN1CCCC(NC2CCN(C(C)=O)CC2)C1. The van der Waals surface area contributed by atoms with E-state index in [1.165, 1.54) is 32.5 Å². The lowest BCUT2D eigenvalue weighted by molar-refractivity contribution is -0.129. The van der Waals surface area contributed by atoms with E-state index in [2.05, 4.69) is 17.1 Å². The third kappa shape index (κ3) is 3.69. The fourth-order valence-corrected chi connectivity index (χ4v) is 3.17. The maximum Gasteiger partial charge on any atom is 0.219 e. The monoisotopic (exact) mass is 253 g/mol. The Balaban J connectivity index is 1.72. The molecule has 2 saturated heterocycles. The van der Waals surface area contributed by atoms with E-state index in [1.54, 1.807) is 6.92 Å². The zero-order valence-corrected chi connectivity index (χ0v) is 11.8. The molecule has 2 aliphatic rings. The second-order valence-corrected chi connectivity index (χ2v) is 5.68. The van der Waals surface area contributed by atoms with Gasteiger partial charge in [-0.25, -0.2) is 0 Å². The standard InChI is InChI=1S/C14H27N3O/c1-3-16-8-4-5-14(11-16)15-13-6-9-17(10-7-13)12(2)18/h13-15H,3-11H2,1-2H3. The Morgan fingerprint density at radius 3 is 2.50 bits per heavy atom. The van der Waals surface area contributed by atoms with Crippen LogP contribution in [0.5, 0.6) is 0 Å². The summed E-state index contributed by atoms with van der Waals surface area (Å²) in [4.78, 5) is 15.8. The third-order valence-electron chi connectivity index (χ3n) is 4.36. The van der Waals surface area contributed by atoms with Crippen LogP contribution < -0.4 is 5.32 Å². The molecule has 4 heteroatoms. The molecule has 4 nitrogen and oxygen atoms in total. The summed E-state index contributed by atoms with van der Waals surface area (Å²) in [5.74, 6) is 0.225. The van der Waals surface area contributed by atoms with Gasteiger partial charge >= 0.3 is 0 Å². The number of likely N-dealkylation sites (N-methyl/N-ethyl adjacent to an activating group) is 1. The minimum absolute atomic E-state index is 0.225. The van der Waals surface area contributed by atoms with Crippen molar-refractivity contribution in [2.45, 2.75) is 51.6 Å². The van der Waals surface area contributed by atoms with Crippen LogP contribution in [0, 0.1) is 0 Å². The molecule has 0 aromatic carbocycles. The molecular weight excluding hydrogens is 226 g/mol. The van der Waals surface area contributed by atoms with Crippen molar-refractivity contribution >= 4 is 5.91 Å². The van der Waals surface area contributed by atoms with Gasteiger partial charge in [0.05, 0.1) is 0 Å². The molecule has 1 N–H and O–H groups in total. The van der Waals surface area contributed by atoms with Gasteiger partial charge in [-0.3, -0.25) is 4.79 Å². The number of hydrogen-bond donors (Lipinski definition) is 1. The van der Waals surface area contributed by atoms with Crippen molar-refractivity contribution in [1.82, 2.24) is 15.1 Å². The number of likely N-dealkylation sites (tertiary alicyclic amines) is 2. The van der Waals surface area contributed by atoms with Gasteiger partial charge in [-0.2, -0.15) is 0 Å². The fourth-order valence-electron chi connectivity index (χ4n) is 3.17. The minimum atomic E-state index is 0.225. The molecule has 2 heterocycles. The van der Waals surface area contributed by atoms with E-state index < -0.39 is 0 Å². The van der Waals surface area contributed by atoms with E-state index in [1.807, 2.05) is 4.90 Å². The smallest absolute Gasteiger partial charge is 0.219 e. The van der Waals surface area contributed by atoms with Gasteiger partial charge in [0.25, 0.3) is 0 Å². The lowest BCUT2D eigenvalue weighted by Crippen LogP contribution is -2.52. The summed E-state index contributed by atoms with van der Waals surface area (Å²) in [6, 6.07) is 1.27. The Kier molecular flexibility index (Phi) is 5.01. The van der Waals surface area contributed by atoms with Crippen molar-refractivity contribution in [3.05, 3.63) is 0 Å². The number of carbonyl (C=O) groups is 1. The van der Waals surface area contributed by atoms with E-state index in [0.29, 0.717) is 12.1 Å². The summed E-state index contributed by atoms with van der Waals surface area (Å²) in [5.41, 5.74) is 0. The lowest BCUT2D eigenvalue weighted by Gasteiger charge is -2.38. The van der Waals surface area contributed by atoms with Crippen LogP contribution >= 0.6 is 0 Å². The highest BCUT2D eigenvalue weighted by molar-refractivity contribution is 5.73. The van der Waals surface area contributed by atoms with Crippen LogP contribution in [0.15, 0.2) is 0 Å². The molecule has 104 valence electrons. The molecule has 2 fully saturated rings. The summed E-state index contributed by atoms with van der Waals surface area (Å²) in [6.07, 6.45) is 4.85. The first-order chi connectivity index (χ1) is 8.69. The van der Waals surface area contributed by atoms with Crippen molar-refractivity contribution in [2.75, 3.05) is 32.7 Å². The Morgan fingerprint density at radius 1 is 1.17 bits per heavy atom. The molecule has 0 aromatic heterocycles. The number of piperidine rings is 2. The van der Waals surface area contributed by atoms with Crippen LogP contribution in [0.3, 0.4) is 0 Å². The summed E-state index contributed by atoms with van der Waals surface area (Å²) in [5, 5.41) is 3.80. The van der Waals surface area contributed by atoms with Crippen molar-refractivity contribution in [2.24, 2.45) is 0 Å². The molecule has 2 rings (SSSR count). The molecule has 0 bridgehead atoms. The molecule has 0 aromatic rings. The second kappa shape index (κ2) is 6.53. The van der Waals surface area contributed by atoms with E-state index in [4.69, 9.17) is 0 Å². The zero-order chi connectivity index (χ0) is 13.0. The molecule has 0 spiro atoms. The van der Waals surface area contributed by atoms with Gasteiger partial charge in [0.15, 0.2) is 0 Å². The van der Waals surface area contributed by atoms with Crippen LogP contribution in [0.25, 0.3) is 0 Å². The molecule has 1 atom stereocenters. The molecule has 18 heavy (non-hydrogen) atoms. The van der Waals surface area contributed by atoms with Crippen molar-refractivity contribution in [3.63, 3.8) is 0 Å². The minimum Gasteiger partial charge on any atom is -0.343 e. The highest BCUT2D eigenvalue weighted by Gasteiger charge is 2.25. The quantitative estimate of drug-likeness (QED) is 0.817. The normalized spacial score (nSPS) is 27.4. The van der Waals surface area contributed by atoms with Gasteiger partial charge in [0.1, 0.15) is 0 Å². The van der Waals surface area contributed by atoms with Crippen LogP contribution in [-0.4, -0.2) is 60.5 Å². The topological polar surface area (TPSA) is 35.6 Å². The number of amides is 1. The summed E-state index contributed by atoms with van der Waals surface area (Å²) in [6.45, 7) is 9.40. The second-order valence-electron chi connectivity index (χ2n) is 5.68. The highest BCUT2D eigenvalue weighted by Crippen LogP contribution is 2.15. The largest absolute Gasteiger partial charge is 0.343 e. The molecule has 1 amide bonds. The maximum absolute atomic E-state index is 11.3. The third-order valence-corrected chi connectivity index (χ3v) is 4.36. The van der Waals surface area contributed by atoms with Gasteiger partial charge < -0.3 is 15.1 Å². The Morgan fingerprint density at radius 2 is 1.89 bits per heavy atom. The van der Waals surface area contributed by atoms with Gasteiger partial charge in [-0.15, -0.1) is 0 Å². The van der Waals surface area contributed by atoms with Crippen LogP contribution in [-0.2, 0) is 4.79 Å². The first-order valence-corrected chi connectivity index (χ1v) is 7.43. The van der Waals surface area contributed by atoms with Gasteiger partial charge in [-0.1, -0.05) is 6.92 Å². The first kappa shape index (κ1) is 13.8. The summed E-state index contributed by atoms with van der Waals surface area (Å²) in [7, 11) is 0. The maximum atomic E-state index is 11.3. The zero-order valence-electron chi connectivity index (χ0n) is 11.8. The molecule has 0 radical (unpaired) electrons. The van der Waals surface area contributed by atoms with E-state index in [-0.39, 0.29) is 5.91 Å². The highest BCUT2D eigenvalue weighted by atomic mass is 16.2. The van der Waals surface area contributed by atoms with Crippen LogP contribution in [0.2, 0.25) is 0 Å². The van der Waals surface area contributed by atoms with Gasteiger partial charge in [0.2, 0.25) is 5.91 Å². The predicted octanol–water partition coefficient (Wildman–Crippen LogP) is 1.07. The lowest BCUT2D eigenvalue weighted by atomic mass is 10.00. The summed E-state index contributed by atoms with van der Waals surface area (Å²) < 4.78 is 0. The average molecular weight is 253 g/mol. The van der Waals surface area contributed by atoms with E-state index in [9.17, 15) is 4.79 Å². The first-order valence-electron chi connectivity index (χ1n) is 7.43. The van der Waals surface area contributed by atoms with Crippen molar-refractivity contribution in [1.29, 1.82) is 0 Å². The van der Waals surface area contributed by atoms with Gasteiger partial charge in [-0.05, 0) is 38.8 Å². The van der Waals surface area contributed by atoms with E-state index >= 15 is 0 Å². The van der Waals surface area contributed by atoms with Gasteiger partial charge in [0, 0.05) is 38.6 Å². The molecule has 1 unspecified atom stereocenters. The molecule has 0 aliphatic carbocycles.